The second-order valence-corrected chi connectivity index (χ2v) is 7.29. The molecular formula is C13H16ClN5O4S. The summed E-state index contributed by atoms with van der Waals surface area (Å²) in [6.45, 7) is 3.45. The van der Waals surface area contributed by atoms with Crippen molar-refractivity contribution in [2.75, 3.05) is 7.11 Å². The molecule has 1 heterocycles. The zero-order valence-corrected chi connectivity index (χ0v) is 14.7. The van der Waals surface area contributed by atoms with Gasteiger partial charge in [-0.3, -0.25) is 5.32 Å². The predicted octanol–water partition coefficient (Wildman–Crippen LogP) is 1.03. The number of carbonyl (C=O) groups is 1. The zero-order valence-electron chi connectivity index (χ0n) is 13.1. The van der Waals surface area contributed by atoms with Gasteiger partial charge >= 0.3 is 12.1 Å². The summed E-state index contributed by atoms with van der Waals surface area (Å²) >= 11 is 5.84. The van der Waals surface area contributed by atoms with Crippen molar-refractivity contribution in [3.8, 4) is 0 Å². The lowest BCUT2D eigenvalue weighted by Gasteiger charge is -2.27. The maximum Gasteiger partial charge on any atom is 0.335 e. The number of ether oxygens (including phenoxy) is 1. The second kappa shape index (κ2) is 6.65. The lowest BCUT2D eigenvalue weighted by atomic mass is 10.2. The van der Waals surface area contributed by atoms with Crippen LogP contribution in [0.5, 0.6) is 0 Å². The standard InChI is InChI=1S/C13H16ClN5O4S/c1-13(2)17-10(16-12(18-13)23-3)15-11(20)19-24(21,22)9-7-5-4-6-8(9)14/h4-7H,1-3H3,(H3,15,16,17,18,19,20). The fourth-order valence-corrected chi connectivity index (χ4v) is 3.26. The topological polar surface area (TPSA) is 121 Å². The number of carbonyl (C=O) groups excluding carboxylic acids is 1. The van der Waals surface area contributed by atoms with Crippen LogP contribution in [0.1, 0.15) is 13.8 Å². The molecule has 0 bridgehead atoms. The fourth-order valence-electron chi connectivity index (χ4n) is 1.83. The van der Waals surface area contributed by atoms with Gasteiger partial charge in [-0.25, -0.2) is 22.9 Å². The van der Waals surface area contributed by atoms with Crippen molar-refractivity contribution in [2.45, 2.75) is 24.4 Å². The van der Waals surface area contributed by atoms with Crippen molar-refractivity contribution >= 4 is 39.6 Å². The maximum atomic E-state index is 12.2. The number of halogens is 1. The Morgan fingerprint density at radius 3 is 2.62 bits per heavy atom. The Bertz CT molecular complexity index is 819. The molecule has 11 heteroatoms. The number of benzene rings is 1. The van der Waals surface area contributed by atoms with Crippen LogP contribution in [0.2, 0.25) is 5.02 Å². The van der Waals surface area contributed by atoms with E-state index in [4.69, 9.17) is 16.3 Å². The van der Waals surface area contributed by atoms with Gasteiger partial charge in [-0.15, -0.1) is 0 Å². The van der Waals surface area contributed by atoms with Crippen LogP contribution in [0.25, 0.3) is 0 Å². The van der Waals surface area contributed by atoms with E-state index in [9.17, 15) is 13.2 Å². The minimum absolute atomic E-state index is 0.000804. The lowest BCUT2D eigenvalue weighted by molar-refractivity contribution is 0.249. The van der Waals surface area contributed by atoms with Gasteiger partial charge in [0.05, 0.1) is 12.1 Å². The molecule has 0 aliphatic carbocycles. The molecule has 130 valence electrons. The van der Waals surface area contributed by atoms with E-state index < -0.39 is 21.7 Å². The van der Waals surface area contributed by atoms with Gasteiger partial charge in [0.1, 0.15) is 10.6 Å². The average molecular weight is 374 g/mol. The van der Waals surface area contributed by atoms with Crippen molar-refractivity contribution < 1.29 is 17.9 Å². The molecule has 0 unspecified atom stereocenters. The molecule has 0 fully saturated rings. The normalized spacial score (nSPS) is 16.3. The number of urea groups is 1. The van der Waals surface area contributed by atoms with Crippen LogP contribution < -0.4 is 15.4 Å². The number of guanidine groups is 1. The number of methoxy groups -OCH3 is 1. The monoisotopic (exact) mass is 373 g/mol. The average Bonchev–Trinajstić information content (AvgIpc) is 2.44. The smallest absolute Gasteiger partial charge is 0.335 e. The van der Waals surface area contributed by atoms with E-state index in [1.165, 1.54) is 25.3 Å². The highest BCUT2D eigenvalue weighted by atomic mass is 35.5. The molecule has 0 atom stereocenters. The van der Waals surface area contributed by atoms with Crippen LogP contribution in [0.4, 0.5) is 4.79 Å². The van der Waals surface area contributed by atoms with E-state index in [2.05, 4.69) is 20.6 Å². The van der Waals surface area contributed by atoms with E-state index in [1.54, 1.807) is 19.9 Å². The van der Waals surface area contributed by atoms with E-state index in [0.29, 0.717) is 0 Å². The van der Waals surface area contributed by atoms with Gasteiger partial charge < -0.3 is 10.1 Å². The molecule has 2 amide bonds. The number of amides is 2. The van der Waals surface area contributed by atoms with Gasteiger partial charge in [0.15, 0.2) is 0 Å². The molecular weight excluding hydrogens is 358 g/mol. The summed E-state index contributed by atoms with van der Waals surface area (Å²) in [5.74, 6) is -0.00120. The highest BCUT2D eigenvalue weighted by Gasteiger charge is 2.27. The Morgan fingerprint density at radius 2 is 2.00 bits per heavy atom. The number of nitrogens with one attached hydrogen (secondary N) is 3. The number of hydrogen-bond acceptors (Lipinski definition) is 7. The van der Waals surface area contributed by atoms with Crippen LogP contribution in [0, 0.1) is 0 Å². The van der Waals surface area contributed by atoms with E-state index in [1.807, 2.05) is 4.72 Å². The van der Waals surface area contributed by atoms with Gasteiger partial charge in [0.25, 0.3) is 10.0 Å². The first-order chi connectivity index (χ1) is 11.1. The Morgan fingerprint density at radius 1 is 1.33 bits per heavy atom. The predicted molar refractivity (Wildman–Crippen MR) is 89.4 cm³/mol. The number of aliphatic imine (C=N–C) groups is 2. The third-order valence-corrected chi connectivity index (χ3v) is 4.61. The Kier molecular flexibility index (Phi) is 4.99. The van der Waals surface area contributed by atoms with E-state index >= 15 is 0 Å². The molecule has 2 rings (SSSR count). The zero-order chi connectivity index (χ0) is 18.0. The van der Waals surface area contributed by atoms with E-state index in [-0.39, 0.29) is 21.9 Å². The molecule has 3 N–H and O–H groups in total. The van der Waals surface area contributed by atoms with Crippen LogP contribution in [-0.2, 0) is 14.8 Å². The molecule has 1 aromatic rings. The number of amidine groups is 1. The Balaban J connectivity index is 2.13. The van der Waals surface area contributed by atoms with Gasteiger partial charge in [0.2, 0.25) is 5.96 Å². The summed E-state index contributed by atoms with van der Waals surface area (Å²) in [7, 11) is -2.75. The fraction of sp³-hybridized carbons (Fsp3) is 0.308. The van der Waals surface area contributed by atoms with Crippen molar-refractivity contribution in [3.05, 3.63) is 29.3 Å². The molecule has 9 nitrogen and oxygen atoms in total. The minimum Gasteiger partial charge on any atom is -0.467 e. The van der Waals surface area contributed by atoms with Crippen LogP contribution in [0.3, 0.4) is 0 Å². The molecule has 1 aliphatic rings. The first-order valence-corrected chi connectivity index (χ1v) is 8.58. The van der Waals surface area contributed by atoms with Crippen molar-refractivity contribution in [1.82, 2.24) is 15.4 Å². The molecule has 0 aromatic heterocycles. The van der Waals surface area contributed by atoms with Crippen molar-refractivity contribution in [3.63, 3.8) is 0 Å². The van der Waals surface area contributed by atoms with Crippen LogP contribution in [0.15, 0.2) is 39.1 Å². The van der Waals surface area contributed by atoms with Crippen molar-refractivity contribution in [2.24, 2.45) is 9.98 Å². The number of hydrogen-bond donors (Lipinski definition) is 3. The summed E-state index contributed by atoms with van der Waals surface area (Å²) < 4.78 is 31.2. The quantitative estimate of drug-likeness (QED) is 0.714. The highest BCUT2D eigenvalue weighted by Crippen LogP contribution is 2.20. The summed E-state index contributed by atoms with van der Waals surface area (Å²) in [5.41, 5.74) is -0.780. The second-order valence-electron chi connectivity index (χ2n) is 5.23. The lowest BCUT2D eigenvalue weighted by Crippen LogP contribution is -2.55. The van der Waals surface area contributed by atoms with Gasteiger partial charge in [-0.1, -0.05) is 23.7 Å². The van der Waals surface area contributed by atoms with Crippen LogP contribution >= 0.6 is 11.6 Å². The molecule has 1 aromatic carbocycles. The van der Waals surface area contributed by atoms with Gasteiger partial charge in [0, 0.05) is 0 Å². The van der Waals surface area contributed by atoms with Crippen molar-refractivity contribution in [1.29, 1.82) is 0 Å². The Labute approximate surface area is 144 Å². The van der Waals surface area contributed by atoms with E-state index in [0.717, 1.165) is 0 Å². The molecule has 24 heavy (non-hydrogen) atoms. The van der Waals surface area contributed by atoms with Gasteiger partial charge in [-0.05, 0) is 26.0 Å². The molecule has 0 saturated carbocycles. The number of rotatable bonds is 2. The number of sulfonamides is 1. The maximum absolute atomic E-state index is 12.2. The highest BCUT2D eigenvalue weighted by molar-refractivity contribution is 7.90. The molecule has 1 aliphatic heterocycles. The van der Waals surface area contributed by atoms with Gasteiger partial charge in [-0.2, -0.15) is 4.99 Å². The third kappa shape index (κ3) is 4.36. The third-order valence-electron chi connectivity index (χ3n) is 2.77. The summed E-state index contributed by atoms with van der Waals surface area (Å²) in [4.78, 5) is 19.8. The number of nitrogens with zero attached hydrogens (tertiary/aromatic N) is 2. The summed E-state index contributed by atoms with van der Waals surface area (Å²) in [6.07, 6.45) is 0. The minimum atomic E-state index is -4.13. The molecule has 0 radical (unpaired) electrons. The summed E-state index contributed by atoms with van der Waals surface area (Å²) in [5, 5.41) is 5.11. The Hall–Kier alpha value is -2.33. The molecule has 0 spiro atoms. The SMILES string of the molecule is COC1=NC(C)(C)NC(NC(=O)NS(=O)(=O)c2ccccc2Cl)=N1. The summed E-state index contributed by atoms with van der Waals surface area (Å²) in [6, 6.07) is 4.81. The van der Waals surface area contributed by atoms with Crippen LogP contribution in [-0.4, -0.2) is 39.2 Å². The largest absolute Gasteiger partial charge is 0.467 e. The first-order valence-electron chi connectivity index (χ1n) is 6.72. The first kappa shape index (κ1) is 18.0. The molecule has 0 saturated heterocycles.